The second-order valence-corrected chi connectivity index (χ2v) is 6.82. The van der Waals surface area contributed by atoms with Crippen LogP contribution < -0.4 is 16.0 Å². The van der Waals surface area contributed by atoms with Crippen LogP contribution in [0.4, 0.5) is 17.1 Å². The van der Waals surface area contributed by atoms with E-state index in [9.17, 15) is 14.4 Å². The predicted octanol–water partition coefficient (Wildman–Crippen LogP) is 3.88. The van der Waals surface area contributed by atoms with Crippen molar-refractivity contribution in [3.8, 4) is 0 Å². The Morgan fingerprint density at radius 2 is 1.56 bits per heavy atom. The second kappa shape index (κ2) is 8.03. The molecule has 6 heteroatoms. The van der Waals surface area contributed by atoms with E-state index in [1.165, 1.54) is 0 Å². The summed E-state index contributed by atoms with van der Waals surface area (Å²) in [6.07, 6.45) is 1.32. The first-order chi connectivity index (χ1) is 13.0. The molecule has 1 saturated carbocycles. The van der Waals surface area contributed by atoms with Gasteiger partial charge in [0.2, 0.25) is 11.8 Å². The zero-order valence-electron chi connectivity index (χ0n) is 15.4. The van der Waals surface area contributed by atoms with Crippen LogP contribution >= 0.6 is 0 Å². The van der Waals surface area contributed by atoms with Crippen molar-refractivity contribution in [3.05, 3.63) is 54.1 Å². The zero-order chi connectivity index (χ0) is 19.4. The Hall–Kier alpha value is -3.15. The average Bonchev–Trinajstić information content (AvgIpc) is 3.39. The Bertz CT molecular complexity index is 861. The van der Waals surface area contributed by atoms with E-state index in [0.717, 1.165) is 6.42 Å². The van der Waals surface area contributed by atoms with E-state index in [0.29, 0.717) is 35.0 Å². The van der Waals surface area contributed by atoms with Gasteiger partial charge in [0.05, 0.1) is 0 Å². The number of hydrogen-bond acceptors (Lipinski definition) is 3. The number of benzene rings is 2. The van der Waals surface area contributed by atoms with Crippen LogP contribution in [0.25, 0.3) is 0 Å². The van der Waals surface area contributed by atoms with E-state index in [1.807, 2.05) is 0 Å². The Morgan fingerprint density at radius 1 is 0.926 bits per heavy atom. The van der Waals surface area contributed by atoms with Crippen LogP contribution in [0.5, 0.6) is 0 Å². The molecule has 0 radical (unpaired) electrons. The summed E-state index contributed by atoms with van der Waals surface area (Å²) in [7, 11) is 0. The smallest absolute Gasteiger partial charge is 0.255 e. The van der Waals surface area contributed by atoms with Crippen LogP contribution in [0.3, 0.4) is 0 Å². The molecule has 2 atom stereocenters. The van der Waals surface area contributed by atoms with Crippen molar-refractivity contribution in [3.63, 3.8) is 0 Å². The quantitative estimate of drug-likeness (QED) is 0.726. The SMILES string of the molecule is CCC(=O)Nc1cccc(NC(=O)c2ccc(NC(=O)C3CC3C)cc2)c1. The third-order valence-electron chi connectivity index (χ3n) is 4.59. The summed E-state index contributed by atoms with van der Waals surface area (Å²) < 4.78 is 0. The van der Waals surface area contributed by atoms with E-state index >= 15 is 0 Å². The van der Waals surface area contributed by atoms with Gasteiger partial charge in [-0.1, -0.05) is 19.9 Å². The van der Waals surface area contributed by atoms with Crippen LogP contribution in [-0.4, -0.2) is 17.7 Å². The minimum atomic E-state index is -0.261. The largest absolute Gasteiger partial charge is 0.326 e. The summed E-state index contributed by atoms with van der Waals surface area (Å²) in [5.74, 6) is 0.242. The van der Waals surface area contributed by atoms with Crippen molar-refractivity contribution in [1.82, 2.24) is 0 Å². The minimum Gasteiger partial charge on any atom is -0.326 e. The summed E-state index contributed by atoms with van der Waals surface area (Å²) in [6, 6.07) is 13.8. The maximum Gasteiger partial charge on any atom is 0.255 e. The predicted molar refractivity (Wildman–Crippen MR) is 106 cm³/mol. The first-order valence-electron chi connectivity index (χ1n) is 9.08. The van der Waals surface area contributed by atoms with Crippen LogP contribution in [0.1, 0.15) is 37.0 Å². The number of nitrogens with one attached hydrogen (secondary N) is 3. The van der Waals surface area contributed by atoms with Crippen LogP contribution in [0.15, 0.2) is 48.5 Å². The maximum atomic E-state index is 12.4. The Morgan fingerprint density at radius 3 is 2.15 bits per heavy atom. The van der Waals surface area contributed by atoms with Crippen molar-refractivity contribution < 1.29 is 14.4 Å². The number of rotatable bonds is 6. The first-order valence-corrected chi connectivity index (χ1v) is 9.08. The molecule has 1 aliphatic carbocycles. The molecule has 0 aliphatic heterocycles. The molecule has 0 heterocycles. The first kappa shape index (κ1) is 18.6. The van der Waals surface area contributed by atoms with Gasteiger partial charge in [-0.2, -0.15) is 0 Å². The van der Waals surface area contributed by atoms with E-state index in [2.05, 4.69) is 22.9 Å². The molecule has 27 heavy (non-hydrogen) atoms. The van der Waals surface area contributed by atoms with Crippen molar-refractivity contribution >= 4 is 34.8 Å². The van der Waals surface area contributed by atoms with Gasteiger partial charge in [-0.05, 0) is 54.8 Å². The lowest BCUT2D eigenvalue weighted by atomic mass is 10.1. The summed E-state index contributed by atoms with van der Waals surface area (Å²) in [4.78, 5) is 35.8. The molecule has 0 saturated heterocycles. The lowest BCUT2D eigenvalue weighted by molar-refractivity contribution is -0.117. The molecule has 3 amide bonds. The Kier molecular flexibility index (Phi) is 5.54. The van der Waals surface area contributed by atoms with Gasteiger partial charge in [0, 0.05) is 35.0 Å². The Balaban J connectivity index is 1.60. The highest BCUT2D eigenvalue weighted by atomic mass is 16.2. The monoisotopic (exact) mass is 365 g/mol. The molecule has 3 rings (SSSR count). The topological polar surface area (TPSA) is 87.3 Å². The molecule has 140 valence electrons. The van der Waals surface area contributed by atoms with E-state index < -0.39 is 0 Å². The summed E-state index contributed by atoms with van der Waals surface area (Å²) in [6.45, 7) is 3.83. The van der Waals surface area contributed by atoms with Gasteiger partial charge in [0.1, 0.15) is 0 Å². The van der Waals surface area contributed by atoms with Gasteiger partial charge in [0.15, 0.2) is 0 Å². The van der Waals surface area contributed by atoms with Gasteiger partial charge in [-0.3, -0.25) is 14.4 Å². The molecule has 0 aromatic heterocycles. The van der Waals surface area contributed by atoms with Crippen molar-refractivity contribution in [2.24, 2.45) is 11.8 Å². The molecule has 0 spiro atoms. The third kappa shape index (κ3) is 4.94. The summed E-state index contributed by atoms with van der Waals surface area (Å²) in [5.41, 5.74) is 2.39. The molecule has 3 N–H and O–H groups in total. The maximum absolute atomic E-state index is 12.4. The Labute approximate surface area is 158 Å². The average molecular weight is 365 g/mol. The number of amides is 3. The fourth-order valence-corrected chi connectivity index (χ4v) is 2.75. The molecular weight excluding hydrogens is 342 g/mol. The van der Waals surface area contributed by atoms with Crippen molar-refractivity contribution in [1.29, 1.82) is 0 Å². The van der Waals surface area contributed by atoms with Gasteiger partial charge in [-0.25, -0.2) is 0 Å². The highest BCUT2D eigenvalue weighted by molar-refractivity contribution is 6.05. The minimum absolute atomic E-state index is 0.0330. The third-order valence-corrected chi connectivity index (χ3v) is 4.59. The molecule has 2 aromatic rings. The number of anilines is 3. The van der Waals surface area contributed by atoms with Crippen molar-refractivity contribution in [2.45, 2.75) is 26.7 Å². The molecular formula is C21H23N3O3. The van der Waals surface area contributed by atoms with Gasteiger partial charge in [-0.15, -0.1) is 0 Å². The molecule has 0 bridgehead atoms. The van der Waals surface area contributed by atoms with Crippen molar-refractivity contribution in [2.75, 3.05) is 16.0 Å². The highest BCUT2D eigenvalue weighted by Crippen LogP contribution is 2.38. The number of hydrogen-bond donors (Lipinski definition) is 3. The number of carbonyl (C=O) groups excluding carboxylic acids is 3. The van der Waals surface area contributed by atoms with Gasteiger partial charge >= 0.3 is 0 Å². The summed E-state index contributed by atoms with van der Waals surface area (Å²) >= 11 is 0. The molecule has 1 aliphatic rings. The molecule has 6 nitrogen and oxygen atoms in total. The highest BCUT2D eigenvalue weighted by Gasteiger charge is 2.39. The molecule has 2 aromatic carbocycles. The van der Waals surface area contributed by atoms with E-state index in [4.69, 9.17) is 0 Å². The second-order valence-electron chi connectivity index (χ2n) is 6.82. The van der Waals surface area contributed by atoms with Gasteiger partial charge < -0.3 is 16.0 Å². The molecule has 1 fully saturated rings. The number of carbonyl (C=O) groups is 3. The van der Waals surface area contributed by atoms with E-state index in [-0.39, 0.29) is 23.6 Å². The lowest BCUT2D eigenvalue weighted by Gasteiger charge is -2.09. The van der Waals surface area contributed by atoms with Crippen LogP contribution in [0, 0.1) is 11.8 Å². The van der Waals surface area contributed by atoms with Crippen LogP contribution in [0.2, 0.25) is 0 Å². The fourth-order valence-electron chi connectivity index (χ4n) is 2.75. The zero-order valence-corrected chi connectivity index (χ0v) is 15.4. The summed E-state index contributed by atoms with van der Waals surface area (Å²) in [5, 5.41) is 8.43. The van der Waals surface area contributed by atoms with E-state index in [1.54, 1.807) is 55.5 Å². The fraction of sp³-hybridized carbons (Fsp3) is 0.286. The lowest BCUT2D eigenvalue weighted by Crippen LogP contribution is -2.15. The molecule has 2 unspecified atom stereocenters. The van der Waals surface area contributed by atoms with Crippen LogP contribution in [-0.2, 0) is 9.59 Å². The standard InChI is InChI=1S/C21H23N3O3/c1-3-19(25)22-16-5-4-6-17(12-16)24-20(26)14-7-9-15(10-8-14)23-21(27)18-11-13(18)2/h4-10,12-13,18H,3,11H2,1-2H3,(H,22,25)(H,23,27)(H,24,26). The van der Waals surface area contributed by atoms with Gasteiger partial charge in [0.25, 0.3) is 5.91 Å². The normalized spacial score (nSPS) is 17.7.